The van der Waals surface area contributed by atoms with Gasteiger partial charge in [-0.1, -0.05) is 19.1 Å². The highest BCUT2D eigenvalue weighted by molar-refractivity contribution is 7.71. The summed E-state index contributed by atoms with van der Waals surface area (Å²) in [6, 6.07) is 7.83. The molecule has 2 heterocycles. The highest BCUT2D eigenvalue weighted by Gasteiger charge is 2.15. The summed E-state index contributed by atoms with van der Waals surface area (Å²) in [6.45, 7) is 6.13. The molecule has 3 nitrogen and oxygen atoms in total. The molecule has 0 aliphatic carbocycles. The zero-order valence-electron chi connectivity index (χ0n) is 12.2. The summed E-state index contributed by atoms with van der Waals surface area (Å²) >= 11 is 7.00. The molecule has 0 fully saturated rings. The lowest BCUT2D eigenvalue weighted by molar-refractivity contribution is 0.938. The van der Waals surface area contributed by atoms with Crippen LogP contribution in [-0.4, -0.2) is 9.55 Å². The summed E-state index contributed by atoms with van der Waals surface area (Å²) in [7, 11) is 0. The Bertz CT molecular complexity index is 947. The molecular weight excluding hydrogens is 300 g/mol. The molecule has 0 aliphatic rings. The van der Waals surface area contributed by atoms with Crippen LogP contribution in [0.1, 0.15) is 22.9 Å². The van der Waals surface area contributed by atoms with Crippen LogP contribution in [0.3, 0.4) is 0 Å². The summed E-state index contributed by atoms with van der Waals surface area (Å²) in [5.41, 5.74) is 3.01. The van der Waals surface area contributed by atoms with E-state index in [0.717, 1.165) is 33.5 Å². The zero-order chi connectivity index (χ0) is 15.1. The van der Waals surface area contributed by atoms with E-state index in [9.17, 15) is 4.79 Å². The van der Waals surface area contributed by atoms with Crippen LogP contribution in [0.5, 0.6) is 0 Å². The predicted molar refractivity (Wildman–Crippen MR) is 91.5 cm³/mol. The van der Waals surface area contributed by atoms with Gasteiger partial charge in [0.15, 0.2) is 4.77 Å². The van der Waals surface area contributed by atoms with E-state index in [2.05, 4.69) is 18.8 Å². The van der Waals surface area contributed by atoms with Crippen LogP contribution in [0, 0.1) is 18.6 Å². The molecule has 3 rings (SSSR count). The standard InChI is InChI=1S/C16H16N2OS2/c1-4-12-10(3)21-14-13(12)15(19)18(16(20)17-14)11-7-5-6-9(2)8-11/h5-8H,4H2,1-3H3,(H,17,20). The second kappa shape index (κ2) is 5.24. The van der Waals surface area contributed by atoms with E-state index in [-0.39, 0.29) is 5.56 Å². The van der Waals surface area contributed by atoms with Gasteiger partial charge < -0.3 is 4.98 Å². The highest BCUT2D eigenvalue weighted by atomic mass is 32.1. The summed E-state index contributed by atoms with van der Waals surface area (Å²) in [5.74, 6) is 0. The maximum absolute atomic E-state index is 12.9. The minimum atomic E-state index is -0.0273. The lowest BCUT2D eigenvalue weighted by Crippen LogP contribution is -2.20. The third-order valence-electron chi connectivity index (χ3n) is 3.66. The van der Waals surface area contributed by atoms with Gasteiger partial charge in [-0.2, -0.15) is 0 Å². The van der Waals surface area contributed by atoms with E-state index < -0.39 is 0 Å². The van der Waals surface area contributed by atoms with Crippen LogP contribution >= 0.6 is 23.6 Å². The van der Waals surface area contributed by atoms with Gasteiger partial charge in [-0.3, -0.25) is 9.36 Å². The monoisotopic (exact) mass is 316 g/mol. The lowest BCUT2D eigenvalue weighted by atomic mass is 10.1. The fraction of sp³-hybridized carbons (Fsp3) is 0.250. The number of aromatic nitrogens is 2. The number of aryl methyl sites for hydroxylation is 3. The zero-order valence-corrected chi connectivity index (χ0v) is 13.8. The smallest absolute Gasteiger partial charge is 0.267 e. The molecule has 0 aliphatic heterocycles. The van der Waals surface area contributed by atoms with Gasteiger partial charge >= 0.3 is 0 Å². The largest absolute Gasteiger partial charge is 0.323 e. The first kappa shape index (κ1) is 14.2. The minimum absolute atomic E-state index is 0.0273. The molecule has 1 aromatic carbocycles. The number of nitrogens with zero attached hydrogens (tertiary/aromatic N) is 1. The molecule has 0 saturated carbocycles. The summed E-state index contributed by atoms with van der Waals surface area (Å²) in [6.07, 6.45) is 0.847. The third-order valence-corrected chi connectivity index (χ3v) is 5.01. The van der Waals surface area contributed by atoms with Gasteiger partial charge in [-0.05, 0) is 55.7 Å². The van der Waals surface area contributed by atoms with Crippen LogP contribution in [-0.2, 0) is 6.42 Å². The van der Waals surface area contributed by atoms with E-state index in [1.165, 1.54) is 4.88 Å². The van der Waals surface area contributed by atoms with E-state index in [0.29, 0.717) is 4.77 Å². The van der Waals surface area contributed by atoms with E-state index in [4.69, 9.17) is 12.2 Å². The first-order valence-electron chi connectivity index (χ1n) is 6.87. The number of aromatic amines is 1. The van der Waals surface area contributed by atoms with Crippen LogP contribution in [0.2, 0.25) is 0 Å². The predicted octanol–water partition coefficient (Wildman–Crippen LogP) is 4.29. The Kier molecular flexibility index (Phi) is 3.55. The minimum Gasteiger partial charge on any atom is -0.323 e. The molecule has 3 aromatic rings. The first-order chi connectivity index (χ1) is 10.0. The SMILES string of the molecule is CCc1c(C)sc2[nH]c(=S)n(-c3cccc(C)c3)c(=O)c12. The van der Waals surface area contributed by atoms with Crippen molar-refractivity contribution in [2.24, 2.45) is 0 Å². The number of rotatable bonds is 2. The van der Waals surface area contributed by atoms with E-state index >= 15 is 0 Å². The molecule has 0 saturated heterocycles. The van der Waals surface area contributed by atoms with Gasteiger partial charge in [0.2, 0.25) is 0 Å². The normalized spacial score (nSPS) is 11.2. The second-order valence-corrected chi connectivity index (χ2v) is 6.72. The van der Waals surface area contributed by atoms with Crippen LogP contribution < -0.4 is 5.56 Å². The molecule has 0 radical (unpaired) electrons. The van der Waals surface area contributed by atoms with E-state index in [1.54, 1.807) is 15.9 Å². The Balaban J connectivity index is 2.44. The van der Waals surface area contributed by atoms with Crippen LogP contribution in [0.4, 0.5) is 0 Å². The highest BCUT2D eigenvalue weighted by Crippen LogP contribution is 2.27. The van der Waals surface area contributed by atoms with Crippen molar-refractivity contribution in [2.75, 3.05) is 0 Å². The fourth-order valence-corrected chi connectivity index (χ4v) is 4.17. The molecule has 1 N–H and O–H groups in total. The van der Waals surface area contributed by atoms with Gasteiger partial charge in [0, 0.05) is 4.88 Å². The van der Waals surface area contributed by atoms with Crippen molar-refractivity contribution < 1.29 is 0 Å². The number of H-pyrrole nitrogens is 1. The topological polar surface area (TPSA) is 37.8 Å². The molecule has 5 heteroatoms. The number of hydrogen-bond donors (Lipinski definition) is 1. The van der Waals surface area contributed by atoms with Crippen molar-refractivity contribution in [1.29, 1.82) is 0 Å². The number of thiophene rings is 1. The molecule has 108 valence electrons. The average Bonchev–Trinajstić information content (AvgIpc) is 2.74. The van der Waals surface area contributed by atoms with Gasteiger partial charge in [-0.25, -0.2) is 0 Å². The molecule has 0 spiro atoms. The summed E-state index contributed by atoms with van der Waals surface area (Å²) in [5, 5.41) is 0.773. The molecule has 0 bridgehead atoms. The van der Waals surface area contributed by atoms with Crippen molar-refractivity contribution in [1.82, 2.24) is 9.55 Å². The van der Waals surface area contributed by atoms with Crippen molar-refractivity contribution >= 4 is 33.8 Å². The van der Waals surface area contributed by atoms with E-state index in [1.807, 2.05) is 31.2 Å². The number of fused-ring (bicyclic) bond motifs is 1. The Morgan fingerprint density at radius 1 is 1.33 bits per heavy atom. The lowest BCUT2D eigenvalue weighted by Gasteiger charge is -2.08. The quantitative estimate of drug-likeness (QED) is 0.716. The molecule has 0 unspecified atom stereocenters. The van der Waals surface area contributed by atoms with Crippen LogP contribution in [0.15, 0.2) is 29.1 Å². The van der Waals surface area contributed by atoms with Crippen molar-refractivity contribution in [3.05, 3.63) is 55.4 Å². The van der Waals surface area contributed by atoms with Gasteiger partial charge in [-0.15, -0.1) is 11.3 Å². The maximum atomic E-state index is 12.9. The van der Waals surface area contributed by atoms with Crippen LogP contribution in [0.25, 0.3) is 15.9 Å². The van der Waals surface area contributed by atoms with Gasteiger partial charge in [0.25, 0.3) is 5.56 Å². The van der Waals surface area contributed by atoms with Crippen molar-refractivity contribution in [3.8, 4) is 5.69 Å². The summed E-state index contributed by atoms with van der Waals surface area (Å²) in [4.78, 5) is 18.2. The molecule has 0 amide bonds. The maximum Gasteiger partial charge on any atom is 0.267 e. The third kappa shape index (κ3) is 2.26. The molecule has 21 heavy (non-hydrogen) atoms. The number of nitrogens with one attached hydrogen (secondary N) is 1. The fourth-order valence-electron chi connectivity index (χ4n) is 2.68. The Morgan fingerprint density at radius 3 is 2.76 bits per heavy atom. The molecule has 2 aromatic heterocycles. The van der Waals surface area contributed by atoms with Gasteiger partial charge in [0.1, 0.15) is 4.83 Å². The Labute approximate surface area is 131 Å². The van der Waals surface area contributed by atoms with Gasteiger partial charge in [0.05, 0.1) is 11.1 Å². The number of benzene rings is 1. The number of hydrogen-bond acceptors (Lipinski definition) is 3. The first-order valence-corrected chi connectivity index (χ1v) is 8.09. The second-order valence-electron chi connectivity index (χ2n) is 5.10. The van der Waals surface area contributed by atoms with Crippen molar-refractivity contribution in [2.45, 2.75) is 27.2 Å². The molecular formula is C16H16N2OS2. The average molecular weight is 316 g/mol. The van der Waals surface area contributed by atoms with Crippen molar-refractivity contribution in [3.63, 3.8) is 0 Å². The Morgan fingerprint density at radius 2 is 2.10 bits per heavy atom. The summed E-state index contributed by atoms with van der Waals surface area (Å²) < 4.78 is 2.04. The molecule has 0 atom stereocenters. The Hall–Kier alpha value is -1.72.